The van der Waals surface area contributed by atoms with Gasteiger partial charge < -0.3 is 4.74 Å². The highest BCUT2D eigenvalue weighted by Crippen LogP contribution is 2.19. The molecule has 128 valence electrons. The lowest BCUT2D eigenvalue weighted by Crippen LogP contribution is -2.43. The molecule has 0 aliphatic carbocycles. The van der Waals surface area contributed by atoms with Crippen LogP contribution in [0.3, 0.4) is 0 Å². The minimum atomic E-state index is -3.15. The Balaban J connectivity index is 1.60. The SMILES string of the molecule is CS(=O)(=O)N1CCC(C(=O)NOCCN2CCOCC2)CC1. The van der Waals surface area contributed by atoms with Crippen molar-refractivity contribution < 1.29 is 22.8 Å². The number of hydroxylamine groups is 1. The predicted molar refractivity (Wildman–Crippen MR) is 80.5 cm³/mol. The maximum atomic E-state index is 12.0. The summed E-state index contributed by atoms with van der Waals surface area (Å²) < 4.78 is 29.5. The molecule has 0 unspecified atom stereocenters. The van der Waals surface area contributed by atoms with Gasteiger partial charge >= 0.3 is 0 Å². The van der Waals surface area contributed by atoms with E-state index < -0.39 is 10.0 Å². The minimum absolute atomic E-state index is 0.157. The van der Waals surface area contributed by atoms with Crippen molar-refractivity contribution in [1.82, 2.24) is 14.7 Å². The monoisotopic (exact) mass is 335 g/mol. The summed E-state index contributed by atoms with van der Waals surface area (Å²) in [6.45, 7) is 5.25. The number of ether oxygens (including phenoxy) is 1. The number of carbonyl (C=O) groups is 1. The number of morpholine rings is 1. The standard InChI is InChI=1S/C13H25N3O5S/c1-22(18,19)16-4-2-12(3-5-16)13(17)14-21-11-8-15-6-9-20-10-7-15/h12H,2-11H2,1H3,(H,14,17). The van der Waals surface area contributed by atoms with Crippen molar-refractivity contribution in [3.8, 4) is 0 Å². The molecule has 2 rings (SSSR count). The zero-order valence-electron chi connectivity index (χ0n) is 13.0. The first kappa shape index (κ1) is 17.6. The summed E-state index contributed by atoms with van der Waals surface area (Å²) >= 11 is 0. The Kier molecular flexibility index (Phi) is 6.57. The number of amides is 1. The molecule has 2 heterocycles. The molecule has 0 spiro atoms. The van der Waals surface area contributed by atoms with Gasteiger partial charge in [-0.05, 0) is 12.8 Å². The molecule has 0 aromatic carbocycles. The molecule has 22 heavy (non-hydrogen) atoms. The number of nitrogens with zero attached hydrogens (tertiary/aromatic N) is 2. The minimum Gasteiger partial charge on any atom is -0.379 e. The van der Waals surface area contributed by atoms with E-state index in [9.17, 15) is 13.2 Å². The Morgan fingerprint density at radius 3 is 2.45 bits per heavy atom. The Labute approximate surface area is 131 Å². The first-order valence-electron chi connectivity index (χ1n) is 7.63. The van der Waals surface area contributed by atoms with E-state index in [4.69, 9.17) is 9.57 Å². The summed E-state index contributed by atoms with van der Waals surface area (Å²) in [5.74, 6) is -0.337. The summed E-state index contributed by atoms with van der Waals surface area (Å²) in [7, 11) is -3.15. The Bertz CT molecular complexity index is 456. The van der Waals surface area contributed by atoms with Crippen LogP contribution in [-0.2, 0) is 24.4 Å². The molecular formula is C13H25N3O5S. The molecule has 0 aromatic rings. The normalized spacial score (nSPS) is 22.6. The second-order valence-electron chi connectivity index (χ2n) is 5.71. The zero-order valence-corrected chi connectivity index (χ0v) is 13.8. The average molecular weight is 335 g/mol. The van der Waals surface area contributed by atoms with Crippen molar-refractivity contribution in [2.75, 3.05) is 58.8 Å². The fourth-order valence-corrected chi connectivity index (χ4v) is 3.53. The molecule has 0 atom stereocenters. The quantitative estimate of drug-likeness (QED) is 0.497. The molecule has 0 bridgehead atoms. The Morgan fingerprint density at radius 1 is 1.23 bits per heavy atom. The number of hydrogen-bond donors (Lipinski definition) is 1. The van der Waals surface area contributed by atoms with E-state index >= 15 is 0 Å². The van der Waals surface area contributed by atoms with E-state index in [1.54, 1.807) is 0 Å². The fourth-order valence-electron chi connectivity index (χ4n) is 2.65. The first-order valence-corrected chi connectivity index (χ1v) is 9.48. The van der Waals surface area contributed by atoms with Gasteiger partial charge in [-0.1, -0.05) is 0 Å². The topological polar surface area (TPSA) is 88.2 Å². The largest absolute Gasteiger partial charge is 0.379 e. The number of sulfonamides is 1. The van der Waals surface area contributed by atoms with Gasteiger partial charge in [-0.2, -0.15) is 0 Å². The predicted octanol–water partition coefficient (Wildman–Crippen LogP) is -0.962. The van der Waals surface area contributed by atoms with Gasteiger partial charge in [0.05, 0.1) is 26.1 Å². The van der Waals surface area contributed by atoms with E-state index in [1.165, 1.54) is 10.6 Å². The second-order valence-corrected chi connectivity index (χ2v) is 7.69. The molecule has 0 saturated carbocycles. The van der Waals surface area contributed by atoms with Gasteiger partial charge in [0.2, 0.25) is 15.9 Å². The van der Waals surface area contributed by atoms with Gasteiger partial charge in [0.1, 0.15) is 0 Å². The van der Waals surface area contributed by atoms with Crippen molar-refractivity contribution in [3.05, 3.63) is 0 Å². The number of carbonyl (C=O) groups excluding carboxylic acids is 1. The molecule has 1 amide bonds. The lowest BCUT2D eigenvalue weighted by atomic mass is 9.98. The van der Waals surface area contributed by atoms with Crippen LogP contribution in [-0.4, -0.2) is 82.3 Å². The molecule has 2 saturated heterocycles. The van der Waals surface area contributed by atoms with Crippen molar-refractivity contribution in [2.24, 2.45) is 5.92 Å². The van der Waals surface area contributed by atoms with Crippen molar-refractivity contribution in [3.63, 3.8) is 0 Å². The average Bonchev–Trinajstić information content (AvgIpc) is 2.52. The Morgan fingerprint density at radius 2 is 1.86 bits per heavy atom. The molecule has 0 aromatic heterocycles. The number of nitrogens with one attached hydrogen (secondary N) is 1. The lowest BCUT2D eigenvalue weighted by Gasteiger charge is -2.29. The highest BCUT2D eigenvalue weighted by Gasteiger charge is 2.29. The van der Waals surface area contributed by atoms with Crippen LogP contribution in [0.1, 0.15) is 12.8 Å². The number of piperidine rings is 1. The van der Waals surface area contributed by atoms with Crippen LogP contribution in [0, 0.1) is 5.92 Å². The molecule has 1 N–H and O–H groups in total. The van der Waals surface area contributed by atoms with Gasteiger partial charge in [-0.25, -0.2) is 18.2 Å². The van der Waals surface area contributed by atoms with E-state index in [0.717, 1.165) is 32.8 Å². The van der Waals surface area contributed by atoms with Crippen molar-refractivity contribution in [2.45, 2.75) is 12.8 Å². The highest BCUT2D eigenvalue weighted by molar-refractivity contribution is 7.88. The van der Waals surface area contributed by atoms with Crippen LogP contribution in [0.15, 0.2) is 0 Å². The third-order valence-electron chi connectivity index (χ3n) is 4.08. The second kappa shape index (κ2) is 8.21. The summed E-state index contributed by atoms with van der Waals surface area (Å²) in [5, 5.41) is 0. The van der Waals surface area contributed by atoms with Crippen molar-refractivity contribution in [1.29, 1.82) is 0 Å². The summed E-state index contributed by atoms with van der Waals surface area (Å²) in [6.07, 6.45) is 2.26. The van der Waals surface area contributed by atoms with Gasteiger partial charge in [0.15, 0.2) is 0 Å². The van der Waals surface area contributed by atoms with E-state index in [1.807, 2.05) is 0 Å². The maximum absolute atomic E-state index is 12.0. The first-order chi connectivity index (χ1) is 10.5. The van der Waals surface area contributed by atoms with Crippen LogP contribution in [0.2, 0.25) is 0 Å². The lowest BCUT2D eigenvalue weighted by molar-refractivity contribution is -0.139. The summed E-state index contributed by atoms with van der Waals surface area (Å²) in [5.41, 5.74) is 2.48. The van der Waals surface area contributed by atoms with Gasteiger partial charge in [0, 0.05) is 38.6 Å². The maximum Gasteiger partial charge on any atom is 0.246 e. The number of rotatable bonds is 6. The summed E-state index contributed by atoms with van der Waals surface area (Å²) in [4.78, 5) is 19.4. The van der Waals surface area contributed by atoms with Gasteiger partial charge in [-0.3, -0.25) is 14.5 Å². The van der Waals surface area contributed by atoms with Crippen LogP contribution in [0.4, 0.5) is 0 Å². The van der Waals surface area contributed by atoms with Crippen LogP contribution < -0.4 is 5.48 Å². The van der Waals surface area contributed by atoms with E-state index in [0.29, 0.717) is 32.5 Å². The number of hydrogen-bond acceptors (Lipinski definition) is 6. The fraction of sp³-hybridized carbons (Fsp3) is 0.923. The summed E-state index contributed by atoms with van der Waals surface area (Å²) in [6, 6.07) is 0. The van der Waals surface area contributed by atoms with E-state index in [-0.39, 0.29) is 11.8 Å². The molecule has 0 radical (unpaired) electrons. The highest BCUT2D eigenvalue weighted by atomic mass is 32.2. The zero-order chi connectivity index (χ0) is 16.0. The van der Waals surface area contributed by atoms with E-state index in [2.05, 4.69) is 10.4 Å². The molecular weight excluding hydrogens is 310 g/mol. The van der Waals surface area contributed by atoms with Gasteiger partial charge in [0.25, 0.3) is 0 Å². The van der Waals surface area contributed by atoms with Crippen molar-refractivity contribution >= 4 is 15.9 Å². The third kappa shape index (κ3) is 5.47. The van der Waals surface area contributed by atoms with Gasteiger partial charge in [-0.15, -0.1) is 0 Å². The van der Waals surface area contributed by atoms with Crippen LogP contribution >= 0.6 is 0 Å². The molecule has 8 nitrogen and oxygen atoms in total. The molecule has 2 aliphatic rings. The third-order valence-corrected chi connectivity index (χ3v) is 5.38. The Hall–Kier alpha value is -0.740. The molecule has 2 aliphatic heterocycles. The van der Waals surface area contributed by atoms with Crippen LogP contribution in [0.5, 0.6) is 0 Å². The smallest absolute Gasteiger partial charge is 0.246 e. The molecule has 9 heteroatoms. The molecule has 2 fully saturated rings. The van der Waals surface area contributed by atoms with Crippen LogP contribution in [0.25, 0.3) is 0 Å².